The number of benzene rings is 2. The van der Waals surface area contributed by atoms with Gasteiger partial charge in [0.05, 0.1) is 18.8 Å². The molecule has 0 fully saturated rings. The van der Waals surface area contributed by atoms with Gasteiger partial charge in [-0.05, 0) is 70.0 Å². The molecule has 0 aliphatic heterocycles. The number of aromatic nitrogens is 1. The largest absolute Gasteiger partial charge is 0.324 e. The Hall–Kier alpha value is -3.03. The Kier molecular flexibility index (Phi) is 7.43. The van der Waals surface area contributed by atoms with E-state index in [2.05, 4.69) is 41.6 Å². The number of hydrogen-bond acceptors (Lipinski definition) is 5. The van der Waals surface area contributed by atoms with Crippen LogP contribution >= 0.6 is 11.3 Å². The predicted molar refractivity (Wildman–Crippen MR) is 132 cm³/mol. The summed E-state index contributed by atoms with van der Waals surface area (Å²) in [6.45, 7) is 10.3. The first-order valence-corrected chi connectivity index (χ1v) is 11.4. The van der Waals surface area contributed by atoms with Crippen molar-refractivity contribution in [2.24, 2.45) is 0 Å². The molecule has 0 aliphatic carbocycles. The van der Waals surface area contributed by atoms with Crippen molar-refractivity contribution >= 4 is 34.0 Å². The number of likely N-dealkylation sites (N-methyl/N-ethyl adjacent to an activating group) is 1. The van der Waals surface area contributed by atoms with Crippen LogP contribution in [0.15, 0.2) is 35.7 Å². The van der Waals surface area contributed by atoms with Gasteiger partial charge in [-0.3, -0.25) is 14.5 Å². The fourth-order valence-electron chi connectivity index (χ4n) is 3.63. The summed E-state index contributed by atoms with van der Waals surface area (Å²) in [4.78, 5) is 31.1. The molecule has 1 aromatic heterocycles. The number of rotatable bonds is 7. The second kappa shape index (κ2) is 10.1. The maximum absolute atomic E-state index is 12.5. The Balaban J connectivity index is 1.53. The van der Waals surface area contributed by atoms with Gasteiger partial charge in [0.15, 0.2) is 5.13 Å². The van der Waals surface area contributed by atoms with Gasteiger partial charge in [0.25, 0.3) is 0 Å². The van der Waals surface area contributed by atoms with E-state index in [1.54, 1.807) is 11.9 Å². The number of carbonyl (C=O) groups excluding carboxylic acids is 2. The fraction of sp³-hybridized carbons (Fsp3) is 0.320. The van der Waals surface area contributed by atoms with Crippen molar-refractivity contribution in [1.29, 1.82) is 0 Å². The monoisotopic (exact) mass is 450 g/mol. The van der Waals surface area contributed by atoms with Crippen LogP contribution in [0.5, 0.6) is 0 Å². The molecule has 7 heteroatoms. The number of aryl methyl sites for hydroxylation is 5. The summed E-state index contributed by atoms with van der Waals surface area (Å²) >= 11 is 1.39. The van der Waals surface area contributed by atoms with Gasteiger partial charge in [0.2, 0.25) is 11.8 Å². The van der Waals surface area contributed by atoms with Crippen LogP contribution in [0.2, 0.25) is 0 Å². The molecule has 2 N–H and O–H groups in total. The molecule has 1 heterocycles. The van der Waals surface area contributed by atoms with Crippen LogP contribution in [-0.2, 0) is 9.59 Å². The maximum atomic E-state index is 12.5. The molecule has 3 rings (SSSR count). The average Bonchev–Trinajstić information content (AvgIpc) is 3.14. The average molecular weight is 451 g/mol. The second-order valence-corrected chi connectivity index (χ2v) is 9.24. The Labute approximate surface area is 193 Å². The van der Waals surface area contributed by atoms with E-state index in [0.29, 0.717) is 5.13 Å². The number of anilines is 2. The minimum atomic E-state index is -0.205. The fourth-order valence-corrected chi connectivity index (χ4v) is 4.36. The van der Waals surface area contributed by atoms with Crippen molar-refractivity contribution in [2.45, 2.75) is 34.6 Å². The van der Waals surface area contributed by atoms with Gasteiger partial charge in [-0.15, -0.1) is 11.3 Å². The smallest absolute Gasteiger partial charge is 0.240 e. The zero-order chi connectivity index (χ0) is 23.4. The summed E-state index contributed by atoms with van der Waals surface area (Å²) < 4.78 is 0. The molecule has 0 atom stereocenters. The van der Waals surface area contributed by atoms with Crippen molar-refractivity contribution in [1.82, 2.24) is 9.88 Å². The first-order valence-electron chi connectivity index (χ1n) is 10.5. The highest BCUT2D eigenvalue weighted by atomic mass is 32.1. The minimum Gasteiger partial charge on any atom is -0.324 e. The molecule has 0 bridgehead atoms. The number of nitrogens with one attached hydrogen (secondary N) is 2. The molecule has 0 saturated heterocycles. The van der Waals surface area contributed by atoms with E-state index < -0.39 is 0 Å². The summed E-state index contributed by atoms with van der Waals surface area (Å²) in [5, 5.41) is 8.28. The van der Waals surface area contributed by atoms with Gasteiger partial charge >= 0.3 is 0 Å². The van der Waals surface area contributed by atoms with E-state index in [4.69, 9.17) is 0 Å². The third-order valence-electron chi connectivity index (χ3n) is 5.32. The molecule has 6 nitrogen and oxygen atoms in total. The molecular formula is C25H30N4O2S. The van der Waals surface area contributed by atoms with Gasteiger partial charge in [0.1, 0.15) is 0 Å². The van der Waals surface area contributed by atoms with Crippen LogP contribution in [0.4, 0.5) is 10.8 Å². The van der Waals surface area contributed by atoms with Crippen molar-refractivity contribution in [3.63, 3.8) is 0 Å². The second-order valence-electron chi connectivity index (χ2n) is 8.38. The molecule has 0 radical (unpaired) electrons. The number of hydrogen-bond donors (Lipinski definition) is 2. The van der Waals surface area contributed by atoms with E-state index in [1.165, 1.54) is 22.5 Å². The lowest BCUT2D eigenvalue weighted by Gasteiger charge is -2.17. The number of thiazole rings is 1. The molecule has 0 unspecified atom stereocenters. The Morgan fingerprint density at radius 3 is 2.12 bits per heavy atom. The van der Waals surface area contributed by atoms with Gasteiger partial charge in [-0.1, -0.05) is 29.8 Å². The topological polar surface area (TPSA) is 74.3 Å². The van der Waals surface area contributed by atoms with Crippen molar-refractivity contribution in [3.8, 4) is 11.3 Å². The number of amides is 2. The SMILES string of the molecule is Cc1cc(C)c(NC(=O)CN(C)CC(=O)Nc2nc(-c3ccc(C)c(C)c3)cs2)c(C)c1. The summed E-state index contributed by atoms with van der Waals surface area (Å²) in [6, 6.07) is 10.3. The summed E-state index contributed by atoms with van der Waals surface area (Å²) in [5.41, 5.74) is 8.36. The molecule has 0 aliphatic rings. The van der Waals surface area contributed by atoms with E-state index in [9.17, 15) is 9.59 Å². The van der Waals surface area contributed by atoms with Crippen LogP contribution in [0.1, 0.15) is 27.8 Å². The van der Waals surface area contributed by atoms with Gasteiger partial charge in [0, 0.05) is 16.6 Å². The molecule has 32 heavy (non-hydrogen) atoms. The Morgan fingerprint density at radius 2 is 1.50 bits per heavy atom. The van der Waals surface area contributed by atoms with Crippen LogP contribution < -0.4 is 10.6 Å². The summed E-state index contributed by atoms with van der Waals surface area (Å²) in [5.74, 6) is -0.356. The zero-order valence-electron chi connectivity index (χ0n) is 19.5. The highest BCUT2D eigenvalue weighted by molar-refractivity contribution is 7.14. The van der Waals surface area contributed by atoms with Gasteiger partial charge in [-0.25, -0.2) is 4.98 Å². The third-order valence-corrected chi connectivity index (χ3v) is 6.08. The van der Waals surface area contributed by atoms with Crippen LogP contribution in [0.25, 0.3) is 11.3 Å². The molecule has 0 saturated carbocycles. The van der Waals surface area contributed by atoms with Gasteiger partial charge < -0.3 is 10.6 Å². The molecule has 3 aromatic rings. The summed E-state index contributed by atoms with van der Waals surface area (Å²) in [6.07, 6.45) is 0. The lowest BCUT2D eigenvalue weighted by Crippen LogP contribution is -2.36. The van der Waals surface area contributed by atoms with Crippen LogP contribution in [-0.4, -0.2) is 41.8 Å². The Morgan fingerprint density at radius 1 is 0.875 bits per heavy atom. The summed E-state index contributed by atoms with van der Waals surface area (Å²) in [7, 11) is 1.75. The molecule has 0 spiro atoms. The normalized spacial score (nSPS) is 11.0. The van der Waals surface area contributed by atoms with Crippen LogP contribution in [0, 0.1) is 34.6 Å². The molecule has 2 amide bonds. The first-order chi connectivity index (χ1) is 15.1. The molecule has 168 valence electrons. The molecule has 2 aromatic carbocycles. The maximum Gasteiger partial charge on any atom is 0.240 e. The lowest BCUT2D eigenvalue weighted by molar-refractivity contribution is -0.119. The van der Waals surface area contributed by atoms with Crippen molar-refractivity contribution in [3.05, 3.63) is 63.5 Å². The van der Waals surface area contributed by atoms with Crippen molar-refractivity contribution < 1.29 is 9.59 Å². The quantitative estimate of drug-likeness (QED) is 0.539. The molecular weight excluding hydrogens is 420 g/mol. The van der Waals surface area contributed by atoms with Gasteiger partial charge in [-0.2, -0.15) is 0 Å². The minimum absolute atomic E-state index is 0.0951. The van der Waals surface area contributed by atoms with E-state index in [0.717, 1.165) is 33.6 Å². The number of nitrogens with zero attached hydrogens (tertiary/aromatic N) is 2. The third kappa shape index (κ3) is 6.02. The number of carbonyl (C=O) groups is 2. The predicted octanol–water partition coefficient (Wildman–Crippen LogP) is 4.86. The Bertz CT molecular complexity index is 1130. The van der Waals surface area contributed by atoms with E-state index >= 15 is 0 Å². The first kappa shape index (κ1) is 23.6. The van der Waals surface area contributed by atoms with E-state index in [1.807, 2.05) is 44.4 Å². The standard InChI is InChI=1S/C25H30N4O2S/c1-15-9-18(4)24(19(5)10-15)27-22(30)12-29(6)13-23(31)28-25-26-21(14-32-25)20-8-7-16(2)17(3)11-20/h7-11,14H,12-13H2,1-6H3,(H,27,30)(H,26,28,31). The zero-order valence-corrected chi connectivity index (χ0v) is 20.3. The highest BCUT2D eigenvalue weighted by Crippen LogP contribution is 2.26. The van der Waals surface area contributed by atoms with Crippen molar-refractivity contribution in [2.75, 3.05) is 30.8 Å². The highest BCUT2D eigenvalue weighted by Gasteiger charge is 2.14. The van der Waals surface area contributed by atoms with Crippen LogP contribution in [0.3, 0.4) is 0 Å². The lowest BCUT2D eigenvalue weighted by atomic mass is 10.1. The van der Waals surface area contributed by atoms with E-state index in [-0.39, 0.29) is 24.9 Å².